The predicted molar refractivity (Wildman–Crippen MR) is 62.6 cm³/mol. The Bertz CT molecular complexity index is 469. The van der Waals surface area contributed by atoms with Crippen molar-refractivity contribution in [3.63, 3.8) is 0 Å². The Balaban J connectivity index is 0.000000181. The number of carbonyl (C=O) groups is 1. The smallest absolute Gasteiger partial charge is 0.169 e. The lowest BCUT2D eigenvalue weighted by Crippen LogP contribution is -2.21. The van der Waals surface area contributed by atoms with Crippen LogP contribution in [0.15, 0.2) is 48.8 Å². The van der Waals surface area contributed by atoms with Crippen molar-refractivity contribution in [2.24, 2.45) is 0 Å². The van der Waals surface area contributed by atoms with Crippen molar-refractivity contribution >= 4 is 17.3 Å². The van der Waals surface area contributed by atoms with Gasteiger partial charge in [0.1, 0.15) is 0 Å². The molecule has 1 heterocycles. The molecule has 0 spiro atoms. The summed E-state index contributed by atoms with van der Waals surface area (Å²) in [4.78, 5) is 13.0. The molecule has 88 valence electrons. The first-order chi connectivity index (χ1) is 8.09. The molecule has 0 unspecified atom stereocenters. The van der Waals surface area contributed by atoms with Gasteiger partial charge in [-0.2, -0.15) is 0 Å². The molecule has 5 N–H and O–H groups in total. The van der Waals surface area contributed by atoms with Crippen molar-refractivity contribution in [2.45, 2.75) is 0 Å². The number of H-pyrrole nitrogens is 1. The van der Waals surface area contributed by atoms with Gasteiger partial charge in [0.05, 0.1) is 5.97 Å². The number of anilines is 2. The minimum Gasteiger partial charge on any atom is -0.545 e. The van der Waals surface area contributed by atoms with Gasteiger partial charge >= 0.3 is 0 Å². The molecule has 1 aromatic heterocycles. The van der Waals surface area contributed by atoms with Gasteiger partial charge < -0.3 is 21.4 Å². The number of aromatic nitrogens is 1. The third-order valence-electron chi connectivity index (χ3n) is 1.89. The van der Waals surface area contributed by atoms with Crippen LogP contribution in [0.4, 0.5) is 11.4 Å². The average molecular weight is 231 g/mol. The normalized spacial score (nSPS) is 8.94. The zero-order chi connectivity index (χ0) is 12.7. The molecule has 0 fully saturated rings. The van der Waals surface area contributed by atoms with Crippen molar-refractivity contribution in [3.8, 4) is 0 Å². The number of rotatable bonds is 1. The minimum atomic E-state index is -1.18. The highest BCUT2D eigenvalue weighted by molar-refractivity contribution is 5.86. The molecule has 2 aromatic rings. The zero-order valence-corrected chi connectivity index (χ0v) is 9.09. The van der Waals surface area contributed by atoms with E-state index in [0.29, 0.717) is 5.69 Å². The van der Waals surface area contributed by atoms with Crippen LogP contribution in [-0.4, -0.2) is 5.97 Å². The molecule has 0 atom stereocenters. The van der Waals surface area contributed by atoms with Gasteiger partial charge in [-0.1, -0.05) is 12.1 Å². The van der Waals surface area contributed by atoms with Gasteiger partial charge in [-0.3, -0.25) is 0 Å². The lowest BCUT2D eigenvalue weighted by atomic mass is 10.2. The van der Waals surface area contributed by atoms with Crippen LogP contribution >= 0.6 is 0 Å². The molecule has 0 bridgehead atoms. The van der Waals surface area contributed by atoms with E-state index in [1.54, 1.807) is 24.5 Å². The van der Waals surface area contributed by atoms with E-state index in [0.717, 1.165) is 5.69 Å². The molecule has 5 heteroatoms. The number of aromatic carboxylic acids is 1. The molecule has 2 rings (SSSR count). The Hall–Kier alpha value is -2.56. The quantitative estimate of drug-likeness (QED) is 0.658. The highest BCUT2D eigenvalue weighted by Gasteiger charge is 1.89. The number of nitrogen functional groups attached to an aromatic ring is 2. The highest BCUT2D eigenvalue weighted by Crippen LogP contribution is 2.03. The minimum absolute atomic E-state index is 0.147. The number of carboxylic acids is 1. The maximum atomic E-state index is 10.2. The number of nitrogens with two attached hydrogens (primary N) is 2. The Kier molecular flexibility index (Phi) is 4.50. The van der Waals surface area contributed by atoms with E-state index in [1.165, 1.54) is 24.3 Å². The number of hydrogen-bond acceptors (Lipinski definition) is 4. The van der Waals surface area contributed by atoms with E-state index >= 15 is 0 Å². The first-order valence-corrected chi connectivity index (χ1v) is 4.88. The van der Waals surface area contributed by atoms with Crippen LogP contribution in [-0.2, 0) is 0 Å². The highest BCUT2D eigenvalue weighted by atomic mass is 16.4. The lowest BCUT2D eigenvalue weighted by molar-refractivity contribution is -0.377. The fourth-order valence-electron chi connectivity index (χ4n) is 1.02. The topological polar surface area (TPSA) is 106 Å². The lowest BCUT2D eigenvalue weighted by Gasteiger charge is -2.00. The first kappa shape index (κ1) is 12.5. The summed E-state index contributed by atoms with van der Waals surface area (Å²) in [5, 5.41) is 10.2. The molecule has 0 amide bonds. The predicted octanol–water partition coefficient (Wildman–Crippen LogP) is -0.285. The SMILES string of the molecule is Nc1cc[nH+]cc1.Nc1ccc(C(=O)[O-])cc1. The molecular weight excluding hydrogens is 218 g/mol. The van der Waals surface area contributed by atoms with E-state index in [4.69, 9.17) is 11.5 Å². The van der Waals surface area contributed by atoms with Crippen LogP contribution in [0.25, 0.3) is 0 Å². The summed E-state index contributed by atoms with van der Waals surface area (Å²) in [6.45, 7) is 0. The molecule has 1 aromatic carbocycles. The van der Waals surface area contributed by atoms with E-state index in [9.17, 15) is 9.90 Å². The van der Waals surface area contributed by atoms with Crippen LogP contribution < -0.4 is 21.6 Å². The van der Waals surface area contributed by atoms with Gasteiger partial charge in [0, 0.05) is 23.5 Å². The summed E-state index contributed by atoms with van der Waals surface area (Å²) in [5.41, 5.74) is 12.1. The van der Waals surface area contributed by atoms with E-state index in [2.05, 4.69) is 4.98 Å². The van der Waals surface area contributed by atoms with Crippen molar-refractivity contribution in [1.29, 1.82) is 0 Å². The molecular formula is C12H13N3O2. The molecule has 0 saturated heterocycles. The summed E-state index contributed by atoms with van der Waals surface area (Å²) in [5.74, 6) is -1.18. The zero-order valence-electron chi connectivity index (χ0n) is 9.09. The summed E-state index contributed by atoms with van der Waals surface area (Å²) in [7, 11) is 0. The van der Waals surface area contributed by atoms with Crippen LogP contribution in [0.1, 0.15) is 10.4 Å². The van der Waals surface area contributed by atoms with Crippen molar-refractivity contribution < 1.29 is 14.9 Å². The Labute approximate surface area is 98.7 Å². The third kappa shape index (κ3) is 4.65. The molecule has 17 heavy (non-hydrogen) atoms. The summed E-state index contributed by atoms with van der Waals surface area (Å²) in [6.07, 6.45) is 3.57. The van der Waals surface area contributed by atoms with E-state index < -0.39 is 5.97 Å². The second-order valence-corrected chi connectivity index (χ2v) is 3.24. The molecule has 0 aliphatic heterocycles. The van der Waals surface area contributed by atoms with Crippen molar-refractivity contribution in [3.05, 3.63) is 54.4 Å². The molecule has 0 radical (unpaired) electrons. The average Bonchev–Trinajstić information content (AvgIpc) is 2.31. The Morgan fingerprint density at radius 3 is 1.76 bits per heavy atom. The molecule has 5 nitrogen and oxygen atoms in total. The Morgan fingerprint density at radius 1 is 0.941 bits per heavy atom. The van der Waals surface area contributed by atoms with Crippen LogP contribution in [0, 0.1) is 0 Å². The Morgan fingerprint density at radius 2 is 1.41 bits per heavy atom. The summed E-state index contributed by atoms with van der Waals surface area (Å²) < 4.78 is 0. The van der Waals surface area contributed by atoms with Gasteiger partial charge in [0.15, 0.2) is 12.4 Å². The van der Waals surface area contributed by atoms with Gasteiger partial charge in [-0.25, -0.2) is 4.98 Å². The van der Waals surface area contributed by atoms with E-state index in [1.807, 2.05) is 0 Å². The molecule has 0 saturated carbocycles. The second kappa shape index (κ2) is 6.12. The van der Waals surface area contributed by atoms with Crippen molar-refractivity contribution in [1.82, 2.24) is 0 Å². The number of carbonyl (C=O) groups excluding carboxylic acids is 1. The monoisotopic (exact) mass is 231 g/mol. The van der Waals surface area contributed by atoms with Gasteiger partial charge in [0.25, 0.3) is 0 Å². The fourth-order valence-corrected chi connectivity index (χ4v) is 1.02. The number of nitrogens with one attached hydrogen (secondary N) is 1. The first-order valence-electron chi connectivity index (χ1n) is 4.88. The standard InChI is InChI=1S/C7H7NO2.C5H6N2/c8-6-3-1-5(2-4-6)7(9)10;6-5-1-3-7-4-2-5/h1-4H,8H2,(H,9,10);1-4H,(H2,6,7). The fraction of sp³-hybridized carbons (Fsp3) is 0. The molecule has 0 aliphatic rings. The second-order valence-electron chi connectivity index (χ2n) is 3.24. The number of hydrogen-bond donors (Lipinski definition) is 2. The van der Waals surface area contributed by atoms with Crippen LogP contribution in [0.3, 0.4) is 0 Å². The number of aromatic amines is 1. The van der Waals surface area contributed by atoms with E-state index in [-0.39, 0.29) is 5.56 Å². The number of benzene rings is 1. The number of pyridine rings is 1. The molecule has 0 aliphatic carbocycles. The largest absolute Gasteiger partial charge is 0.545 e. The van der Waals surface area contributed by atoms with Crippen LogP contribution in [0.2, 0.25) is 0 Å². The van der Waals surface area contributed by atoms with Gasteiger partial charge in [-0.15, -0.1) is 0 Å². The third-order valence-corrected chi connectivity index (χ3v) is 1.89. The van der Waals surface area contributed by atoms with Gasteiger partial charge in [-0.05, 0) is 17.7 Å². The van der Waals surface area contributed by atoms with Crippen molar-refractivity contribution in [2.75, 3.05) is 11.5 Å². The van der Waals surface area contributed by atoms with Crippen LogP contribution in [0.5, 0.6) is 0 Å². The summed E-state index contributed by atoms with van der Waals surface area (Å²) in [6, 6.07) is 9.46. The number of carboxylic acid groups (broad SMARTS) is 1. The maximum absolute atomic E-state index is 10.2. The van der Waals surface area contributed by atoms with Gasteiger partial charge in [0.2, 0.25) is 0 Å². The maximum Gasteiger partial charge on any atom is 0.169 e. The summed E-state index contributed by atoms with van der Waals surface area (Å²) >= 11 is 0.